The first-order chi connectivity index (χ1) is 10.4. The van der Waals surface area contributed by atoms with E-state index in [4.69, 9.17) is 4.74 Å². The Morgan fingerprint density at radius 3 is 2.64 bits per heavy atom. The normalized spacial score (nSPS) is 27.8. The van der Waals surface area contributed by atoms with Gasteiger partial charge >= 0.3 is 11.7 Å². The van der Waals surface area contributed by atoms with Crippen LogP contribution in [0.15, 0.2) is 15.8 Å². The number of hydrogen-bond donors (Lipinski definition) is 3. The highest BCUT2D eigenvalue weighted by atomic mass is 16.6. The Balaban J connectivity index is 2.39. The summed E-state index contributed by atoms with van der Waals surface area (Å²) in [5.41, 5.74) is -1.52. The maximum Gasteiger partial charge on any atom is 0.330 e. The van der Waals surface area contributed by atoms with Gasteiger partial charge in [-0.15, -0.1) is 0 Å². The lowest BCUT2D eigenvalue weighted by Crippen LogP contribution is -2.39. The molecular weight excluding hydrogens is 296 g/mol. The number of hydrogen-bond acceptors (Lipinski definition) is 7. The number of H-pyrrole nitrogens is 1. The average Bonchev–Trinajstić information content (AvgIpc) is 2.77. The predicted octanol–water partition coefficient (Wildman–Crippen LogP) is -1.72. The van der Waals surface area contributed by atoms with Gasteiger partial charge in [0.25, 0.3) is 5.56 Å². The molecule has 0 amide bonds. The first-order valence-electron chi connectivity index (χ1n) is 6.81. The molecule has 0 spiro atoms. The molecule has 1 saturated heterocycles. The molecule has 22 heavy (non-hydrogen) atoms. The summed E-state index contributed by atoms with van der Waals surface area (Å²) < 4.78 is 10.9. The zero-order chi connectivity index (χ0) is 16.4. The van der Waals surface area contributed by atoms with E-state index < -0.39 is 41.8 Å². The van der Waals surface area contributed by atoms with Crippen molar-refractivity contribution < 1.29 is 24.5 Å². The second kappa shape index (κ2) is 6.42. The number of nitrogens with one attached hydrogen (secondary N) is 1. The van der Waals surface area contributed by atoms with Crippen LogP contribution < -0.4 is 11.2 Å². The summed E-state index contributed by atoms with van der Waals surface area (Å²) in [7, 11) is 1.18. The van der Waals surface area contributed by atoms with Crippen LogP contribution in [0.2, 0.25) is 0 Å². The summed E-state index contributed by atoms with van der Waals surface area (Å²) in [6.45, 7) is 1.77. The lowest BCUT2D eigenvalue weighted by molar-refractivity contribution is -0.139. The SMILES string of the molecule is CCC1OC(n2cc(CC(=O)OC)c(=O)[nH]c2=O)C(O)C1O. The van der Waals surface area contributed by atoms with Crippen molar-refractivity contribution in [2.24, 2.45) is 0 Å². The highest BCUT2D eigenvalue weighted by molar-refractivity contribution is 5.72. The number of ether oxygens (including phenoxy) is 2. The van der Waals surface area contributed by atoms with Crippen molar-refractivity contribution in [3.05, 3.63) is 32.6 Å². The van der Waals surface area contributed by atoms with Gasteiger partial charge in [-0.25, -0.2) is 4.79 Å². The summed E-state index contributed by atoms with van der Waals surface area (Å²) in [6, 6.07) is 0. The average molecular weight is 314 g/mol. The number of methoxy groups -OCH3 is 1. The van der Waals surface area contributed by atoms with Crippen LogP contribution in [-0.2, 0) is 20.7 Å². The summed E-state index contributed by atoms with van der Waals surface area (Å²) in [4.78, 5) is 36.9. The Morgan fingerprint density at radius 1 is 1.41 bits per heavy atom. The zero-order valence-electron chi connectivity index (χ0n) is 12.2. The van der Waals surface area contributed by atoms with Gasteiger partial charge in [0.2, 0.25) is 0 Å². The molecule has 4 unspecified atom stereocenters. The summed E-state index contributed by atoms with van der Waals surface area (Å²) >= 11 is 0. The van der Waals surface area contributed by atoms with Crippen molar-refractivity contribution >= 4 is 5.97 Å². The molecular formula is C13H18N2O7. The lowest BCUT2D eigenvalue weighted by atomic mass is 10.1. The van der Waals surface area contributed by atoms with E-state index in [0.29, 0.717) is 6.42 Å². The fraction of sp³-hybridized carbons (Fsp3) is 0.615. The van der Waals surface area contributed by atoms with Gasteiger partial charge in [-0.3, -0.25) is 19.1 Å². The van der Waals surface area contributed by atoms with Crippen LogP contribution in [0.3, 0.4) is 0 Å². The second-order valence-corrected chi connectivity index (χ2v) is 5.03. The van der Waals surface area contributed by atoms with Gasteiger partial charge in [-0.2, -0.15) is 0 Å². The Kier molecular flexibility index (Phi) is 4.79. The van der Waals surface area contributed by atoms with Gasteiger partial charge in [0, 0.05) is 11.8 Å². The Bertz CT molecular complexity index is 665. The third-order valence-corrected chi connectivity index (χ3v) is 3.62. The van der Waals surface area contributed by atoms with Crippen molar-refractivity contribution in [3.8, 4) is 0 Å². The molecule has 0 aliphatic carbocycles. The number of aromatic amines is 1. The number of nitrogens with zero attached hydrogens (tertiary/aromatic N) is 1. The summed E-state index contributed by atoms with van der Waals surface area (Å²) in [5.74, 6) is -0.643. The Hall–Kier alpha value is -1.97. The maximum atomic E-state index is 11.9. The number of esters is 1. The van der Waals surface area contributed by atoms with Gasteiger partial charge in [0.15, 0.2) is 6.23 Å². The molecule has 1 aliphatic heterocycles. The molecule has 122 valence electrons. The van der Waals surface area contributed by atoms with Crippen LogP contribution in [0.25, 0.3) is 0 Å². The van der Waals surface area contributed by atoms with E-state index in [1.807, 2.05) is 0 Å². The molecule has 1 aromatic rings. The van der Waals surface area contributed by atoms with E-state index in [2.05, 4.69) is 9.72 Å². The van der Waals surface area contributed by atoms with Crippen LogP contribution >= 0.6 is 0 Å². The van der Waals surface area contributed by atoms with Gasteiger partial charge in [-0.05, 0) is 6.42 Å². The first kappa shape index (κ1) is 16.4. The Morgan fingerprint density at radius 2 is 2.09 bits per heavy atom. The molecule has 1 aliphatic rings. The van der Waals surface area contributed by atoms with Crippen molar-refractivity contribution in [2.45, 2.75) is 44.3 Å². The molecule has 2 heterocycles. The monoisotopic (exact) mass is 314 g/mol. The van der Waals surface area contributed by atoms with Crippen LogP contribution in [0.4, 0.5) is 0 Å². The number of aromatic nitrogens is 2. The van der Waals surface area contributed by atoms with E-state index in [1.165, 1.54) is 7.11 Å². The molecule has 3 N–H and O–H groups in total. The molecule has 0 saturated carbocycles. The summed E-state index contributed by atoms with van der Waals surface area (Å²) in [6.07, 6.45) is -2.96. The minimum absolute atomic E-state index is 0.00307. The van der Waals surface area contributed by atoms with Crippen LogP contribution in [0.5, 0.6) is 0 Å². The van der Waals surface area contributed by atoms with Crippen LogP contribution in [0.1, 0.15) is 25.1 Å². The first-order valence-corrected chi connectivity index (χ1v) is 6.81. The number of aliphatic hydroxyl groups is 2. The minimum Gasteiger partial charge on any atom is -0.469 e. The molecule has 1 fully saturated rings. The number of aliphatic hydroxyl groups excluding tert-OH is 2. The van der Waals surface area contributed by atoms with Crippen LogP contribution in [-0.4, -0.2) is 51.2 Å². The van der Waals surface area contributed by atoms with Crippen molar-refractivity contribution in [2.75, 3.05) is 7.11 Å². The third kappa shape index (κ3) is 2.96. The minimum atomic E-state index is -1.32. The molecule has 9 heteroatoms. The molecule has 0 radical (unpaired) electrons. The maximum absolute atomic E-state index is 11.9. The molecule has 4 atom stereocenters. The van der Waals surface area contributed by atoms with Crippen molar-refractivity contribution in [1.29, 1.82) is 0 Å². The standard InChI is InChI=1S/C13H18N2O7/c1-3-7-9(17)10(18)12(22-7)15-5-6(4-8(16)21-2)11(19)14-13(15)20/h5,7,9-10,12,17-18H,3-4H2,1-2H3,(H,14,19,20). The number of rotatable bonds is 4. The smallest absolute Gasteiger partial charge is 0.330 e. The molecule has 1 aromatic heterocycles. The highest BCUT2D eigenvalue weighted by Gasteiger charge is 2.43. The molecule has 0 bridgehead atoms. The van der Waals surface area contributed by atoms with Crippen molar-refractivity contribution in [1.82, 2.24) is 9.55 Å². The zero-order valence-corrected chi connectivity index (χ0v) is 12.2. The molecule has 2 rings (SSSR count). The molecule has 0 aromatic carbocycles. The van der Waals surface area contributed by atoms with Gasteiger partial charge in [-0.1, -0.05) is 6.92 Å². The van der Waals surface area contributed by atoms with E-state index in [9.17, 15) is 24.6 Å². The third-order valence-electron chi connectivity index (χ3n) is 3.62. The highest BCUT2D eigenvalue weighted by Crippen LogP contribution is 2.29. The van der Waals surface area contributed by atoms with Gasteiger partial charge in [0.1, 0.15) is 12.2 Å². The lowest BCUT2D eigenvalue weighted by Gasteiger charge is -2.17. The Labute approximate surface area is 125 Å². The topological polar surface area (TPSA) is 131 Å². The largest absolute Gasteiger partial charge is 0.469 e. The van der Waals surface area contributed by atoms with E-state index in [1.54, 1.807) is 6.92 Å². The number of carbonyl (C=O) groups is 1. The van der Waals surface area contributed by atoms with Gasteiger partial charge in [0.05, 0.1) is 19.6 Å². The van der Waals surface area contributed by atoms with E-state index >= 15 is 0 Å². The fourth-order valence-electron chi connectivity index (χ4n) is 2.37. The second-order valence-electron chi connectivity index (χ2n) is 5.03. The van der Waals surface area contributed by atoms with E-state index in [-0.39, 0.29) is 12.0 Å². The number of carbonyl (C=O) groups excluding carboxylic acids is 1. The van der Waals surface area contributed by atoms with Crippen LogP contribution in [0, 0.1) is 0 Å². The fourth-order valence-corrected chi connectivity index (χ4v) is 2.37. The quantitative estimate of drug-likeness (QED) is 0.563. The van der Waals surface area contributed by atoms with E-state index in [0.717, 1.165) is 10.8 Å². The van der Waals surface area contributed by atoms with Crippen molar-refractivity contribution in [3.63, 3.8) is 0 Å². The predicted molar refractivity (Wildman–Crippen MR) is 73.3 cm³/mol. The summed E-state index contributed by atoms with van der Waals surface area (Å²) in [5, 5.41) is 19.9. The van der Waals surface area contributed by atoms with Gasteiger partial charge < -0.3 is 19.7 Å². The molecule has 9 nitrogen and oxygen atoms in total.